The van der Waals surface area contributed by atoms with E-state index in [0.29, 0.717) is 12.0 Å². The van der Waals surface area contributed by atoms with Crippen LogP contribution in [0.15, 0.2) is 48.5 Å². The zero-order chi connectivity index (χ0) is 23.3. The van der Waals surface area contributed by atoms with Crippen molar-refractivity contribution in [2.24, 2.45) is 0 Å². The Morgan fingerprint density at radius 2 is 1.53 bits per heavy atom. The summed E-state index contributed by atoms with van der Waals surface area (Å²) in [5, 5.41) is 17.6. The molecule has 1 fully saturated rings. The van der Waals surface area contributed by atoms with Gasteiger partial charge in [0.2, 0.25) is 17.7 Å². The molecule has 168 valence electrons. The first-order valence-electron chi connectivity index (χ1n) is 9.84. The molecule has 0 unspecified atom stereocenters. The Bertz CT molecular complexity index is 1010. The molecule has 0 radical (unpaired) electrons. The SMILES string of the molecule is O=C(C[C@@H]1NC(=O)[C@H](Cc2ccccc2)NC1=O)N[C@H](Cc1c(Cl)cccc1Cl)C(=O)O. The Hall–Kier alpha value is -3.10. The average molecular weight is 478 g/mol. The summed E-state index contributed by atoms with van der Waals surface area (Å²) in [5.74, 6) is -2.91. The number of hydrogen-bond donors (Lipinski definition) is 4. The van der Waals surface area contributed by atoms with Crippen molar-refractivity contribution >= 4 is 46.9 Å². The summed E-state index contributed by atoms with van der Waals surface area (Å²) >= 11 is 12.2. The van der Waals surface area contributed by atoms with Gasteiger partial charge in [-0.1, -0.05) is 59.6 Å². The van der Waals surface area contributed by atoms with Gasteiger partial charge in [-0.2, -0.15) is 0 Å². The summed E-state index contributed by atoms with van der Waals surface area (Å²) in [4.78, 5) is 48.9. The molecular weight excluding hydrogens is 457 g/mol. The molecular formula is C22H21Cl2N3O5. The van der Waals surface area contributed by atoms with Crippen molar-refractivity contribution in [3.63, 3.8) is 0 Å². The number of carbonyl (C=O) groups excluding carboxylic acids is 3. The molecule has 3 amide bonds. The largest absolute Gasteiger partial charge is 0.480 e. The van der Waals surface area contributed by atoms with Crippen LogP contribution < -0.4 is 16.0 Å². The number of piperazine rings is 1. The predicted octanol–water partition coefficient (Wildman–Crippen LogP) is 1.72. The monoisotopic (exact) mass is 477 g/mol. The highest BCUT2D eigenvalue weighted by molar-refractivity contribution is 6.36. The molecule has 1 aliphatic heterocycles. The molecule has 0 bridgehead atoms. The lowest BCUT2D eigenvalue weighted by Gasteiger charge is -2.29. The third-order valence-electron chi connectivity index (χ3n) is 5.04. The van der Waals surface area contributed by atoms with Crippen molar-refractivity contribution in [2.45, 2.75) is 37.4 Å². The fourth-order valence-corrected chi connectivity index (χ4v) is 3.93. The standard InChI is InChI=1S/C22H21Cl2N3O5/c23-14-7-4-8-15(24)13(14)10-18(22(31)32)25-19(28)11-17-21(30)26-16(20(29)27-17)9-12-5-2-1-3-6-12/h1-8,16-18H,9-11H2,(H,25,28)(H,26,30)(H,27,29)(H,31,32)/t16-,17-,18+/m0/s1. The van der Waals surface area contributed by atoms with Crippen LogP contribution in [-0.2, 0) is 32.0 Å². The molecule has 0 aromatic heterocycles. The van der Waals surface area contributed by atoms with Crippen molar-refractivity contribution < 1.29 is 24.3 Å². The second kappa shape index (κ2) is 10.5. The van der Waals surface area contributed by atoms with Crippen molar-refractivity contribution in [3.8, 4) is 0 Å². The van der Waals surface area contributed by atoms with E-state index in [4.69, 9.17) is 23.2 Å². The second-order valence-electron chi connectivity index (χ2n) is 7.38. The summed E-state index contributed by atoms with van der Waals surface area (Å²) in [7, 11) is 0. The number of carboxylic acids is 1. The van der Waals surface area contributed by atoms with E-state index in [2.05, 4.69) is 16.0 Å². The van der Waals surface area contributed by atoms with E-state index in [1.54, 1.807) is 18.2 Å². The Balaban J connectivity index is 1.59. The van der Waals surface area contributed by atoms with Gasteiger partial charge >= 0.3 is 5.97 Å². The lowest BCUT2D eigenvalue weighted by Crippen LogP contribution is -2.63. The van der Waals surface area contributed by atoms with E-state index >= 15 is 0 Å². The average Bonchev–Trinajstić information content (AvgIpc) is 2.74. The Morgan fingerprint density at radius 1 is 0.938 bits per heavy atom. The molecule has 8 nitrogen and oxygen atoms in total. The molecule has 1 saturated heterocycles. The minimum atomic E-state index is -1.31. The zero-order valence-electron chi connectivity index (χ0n) is 16.8. The van der Waals surface area contributed by atoms with Crippen LogP contribution in [0.5, 0.6) is 0 Å². The number of halogens is 2. The fourth-order valence-electron chi connectivity index (χ4n) is 3.38. The number of carbonyl (C=O) groups is 4. The maximum absolute atomic E-state index is 12.4. The summed E-state index contributed by atoms with van der Waals surface area (Å²) in [5.41, 5.74) is 1.27. The van der Waals surface area contributed by atoms with Gasteiger partial charge in [-0.3, -0.25) is 14.4 Å². The molecule has 4 N–H and O–H groups in total. The van der Waals surface area contributed by atoms with E-state index in [0.717, 1.165) is 5.56 Å². The molecule has 32 heavy (non-hydrogen) atoms. The smallest absolute Gasteiger partial charge is 0.326 e. The molecule has 2 aromatic carbocycles. The van der Waals surface area contributed by atoms with E-state index in [1.807, 2.05) is 30.3 Å². The maximum atomic E-state index is 12.4. The summed E-state index contributed by atoms with van der Waals surface area (Å²) in [6, 6.07) is 10.8. The summed E-state index contributed by atoms with van der Waals surface area (Å²) in [6.45, 7) is 0. The Labute approximate surface area is 194 Å². The molecule has 10 heteroatoms. The number of rotatable bonds is 8. The van der Waals surface area contributed by atoms with E-state index in [-0.39, 0.29) is 16.5 Å². The number of amides is 3. The number of benzene rings is 2. The van der Waals surface area contributed by atoms with Gasteiger partial charge < -0.3 is 21.1 Å². The van der Waals surface area contributed by atoms with Gasteiger partial charge in [-0.15, -0.1) is 0 Å². The van der Waals surface area contributed by atoms with Crippen molar-refractivity contribution in [1.29, 1.82) is 0 Å². The molecule has 0 saturated carbocycles. The van der Waals surface area contributed by atoms with Crippen molar-refractivity contribution in [1.82, 2.24) is 16.0 Å². The number of nitrogens with one attached hydrogen (secondary N) is 3. The highest BCUT2D eigenvalue weighted by Gasteiger charge is 2.35. The van der Waals surface area contributed by atoms with Crippen molar-refractivity contribution in [3.05, 3.63) is 69.7 Å². The van der Waals surface area contributed by atoms with Crippen LogP contribution in [-0.4, -0.2) is 46.9 Å². The summed E-state index contributed by atoms with van der Waals surface area (Å²) in [6.07, 6.45) is -0.228. The molecule has 0 aliphatic carbocycles. The van der Waals surface area contributed by atoms with E-state index < -0.39 is 48.2 Å². The van der Waals surface area contributed by atoms with Crippen molar-refractivity contribution in [2.75, 3.05) is 0 Å². The molecule has 3 rings (SSSR count). The van der Waals surface area contributed by atoms with E-state index in [9.17, 15) is 24.3 Å². The van der Waals surface area contributed by atoms with Crippen LogP contribution in [0.4, 0.5) is 0 Å². The van der Waals surface area contributed by atoms with E-state index in [1.165, 1.54) is 0 Å². The topological polar surface area (TPSA) is 125 Å². The van der Waals surface area contributed by atoms with Gasteiger partial charge in [-0.05, 0) is 23.3 Å². The molecule has 0 spiro atoms. The zero-order valence-corrected chi connectivity index (χ0v) is 18.3. The van der Waals surface area contributed by atoms with Crippen LogP contribution in [0.2, 0.25) is 10.0 Å². The van der Waals surface area contributed by atoms with Gasteiger partial charge in [0.25, 0.3) is 0 Å². The van der Waals surface area contributed by atoms with Gasteiger partial charge in [-0.25, -0.2) is 4.79 Å². The van der Waals surface area contributed by atoms with Gasteiger partial charge in [0.1, 0.15) is 18.1 Å². The first-order chi connectivity index (χ1) is 15.2. The molecule has 1 heterocycles. The van der Waals surface area contributed by atoms with Gasteiger partial charge in [0, 0.05) is 22.9 Å². The van der Waals surface area contributed by atoms with Crippen LogP contribution in [0.25, 0.3) is 0 Å². The third-order valence-corrected chi connectivity index (χ3v) is 5.75. The minimum absolute atomic E-state index is 0.137. The Kier molecular flexibility index (Phi) is 7.71. The predicted molar refractivity (Wildman–Crippen MR) is 118 cm³/mol. The minimum Gasteiger partial charge on any atom is -0.480 e. The second-order valence-corrected chi connectivity index (χ2v) is 8.19. The molecule has 3 atom stereocenters. The van der Waals surface area contributed by atoms with Crippen LogP contribution in [0.1, 0.15) is 17.5 Å². The highest BCUT2D eigenvalue weighted by atomic mass is 35.5. The maximum Gasteiger partial charge on any atom is 0.326 e. The number of carboxylic acid groups (broad SMARTS) is 1. The third kappa shape index (κ3) is 5.99. The number of hydrogen-bond acceptors (Lipinski definition) is 4. The van der Waals surface area contributed by atoms with Crippen LogP contribution >= 0.6 is 23.2 Å². The fraction of sp³-hybridized carbons (Fsp3) is 0.273. The van der Waals surface area contributed by atoms with Gasteiger partial charge in [0.15, 0.2) is 0 Å². The Morgan fingerprint density at radius 3 is 2.16 bits per heavy atom. The normalized spacial score (nSPS) is 18.9. The number of aliphatic carboxylic acids is 1. The first kappa shape index (κ1) is 23.6. The lowest BCUT2D eigenvalue weighted by atomic mass is 10.0. The highest BCUT2D eigenvalue weighted by Crippen LogP contribution is 2.25. The molecule has 2 aromatic rings. The van der Waals surface area contributed by atoms with Crippen LogP contribution in [0.3, 0.4) is 0 Å². The van der Waals surface area contributed by atoms with Gasteiger partial charge in [0.05, 0.1) is 6.42 Å². The first-order valence-corrected chi connectivity index (χ1v) is 10.6. The quantitative estimate of drug-likeness (QED) is 0.460. The lowest BCUT2D eigenvalue weighted by molar-refractivity contribution is -0.142. The molecule has 1 aliphatic rings. The van der Waals surface area contributed by atoms with Crippen LogP contribution in [0, 0.1) is 0 Å². The summed E-state index contributed by atoms with van der Waals surface area (Å²) < 4.78 is 0.